The van der Waals surface area contributed by atoms with Crippen LogP contribution in [-0.2, 0) is 9.84 Å². The number of methoxy groups -OCH3 is 1. The molecule has 1 N–H and O–H groups in total. The number of ether oxygens (including phenoxy) is 1. The second-order valence-corrected chi connectivity index (χ2v) is 8.57. The van der Waals surface area contributed by atoms with Crippen molar-refractivity contribution in [1.82, 2.24) is 5.32 Å². The van der Waals surface area contributed by atoms with Crippen LogP contribution in [0.5, 0.6) is 5.75 Å². The van der Waals surface area contributed by atoms with Crippen LogP contribution in [0, 0.1) is 0 Å². The van der Waals surface area contributed by atoms with E-state index in [2.05, 4.69) is 18.3 Å². The maximum atomic E-state index is 12.0. The van der Waals surface area contributed by atoms with Gasteiger partial charge in [-0.1, -0.05) is 38.0 Å². The quantitative estimate of drug-likeness (QED) is 0.874. The van der Waals surface area contributed by atoms with E-state index in [4.69, 9.17) is 4.74 Å². The lowest BCUT2D eigenvalue weighted by atomic mass is 9.93. The molecule has 0 amide bonds. The summed E-state index contributed by atoms with van der Waals surface area (Å²) in [4.78, 5) is 0. The molecule has 2 rings (SSSR count). The molecule has 1 saturated carbocycles. The van der Waals surface area contributed by atoms with E-state index in [1.54, 1.807) is 7.11 Å². The monoisotopic (exact) mass is 325 g/mol. The number of benzene rings is 1. The average molecular weight is 325 g/mol. The van der Waals surface area contributed by atoms with E-state index in [-0.39, 0.29) is 17.2 Å². The van der Waals surface area contributed by atoms with Crippen LogP contribution in [0.1, 0.15) is 44.1 Å². The molecular weight excluding hydrogens is 298 g/mol. The van der Waals surface area contributed by atoms with E-state index >= 15 is 0 Å². The van der Waals surface area contributed by atoms with E-state index in [1.807, 2.05) is 18.2 Å². The van der Waals surface area contributed by atoms with Crippen LogP contribution < -0.4 is 10.1 Å². The molecule has 0 aliphatic heterocycles. The van der Waals surface area contributed by atoms with E-state index in [0.29, 0.717) is 0 Å². The number of sulfone groups is 1. The van der Waals surface area contributed by atoms with Crippen molar-refractivity contribution in [3.8, 4) is 5.75 Å². The molecular formula is C17H27NO3S. The Morgan fingerprint density at radius 1 is 1.27 bits per heavy atom. The largest absolute Gasteiger partial charge is 0.496 e. The van der Waals surface area contributed by atoms with E-state index < -0.39 is 9.84 Å². The fraction of sp³-hybridized carbons (Fsp3) is 0.647. The summed E-state index contributed by atoms with van der Waals surface area (Å²) in [5.41, 5.74) is 1.16. The van der Waals surface area contributed by atoms with Gasteiger partial charge >= 0.3 is 0 Å². The smallest absolute Gasteiger partial charge is 0.151 e. The highest BCUT2D eigenvalue weighted by atomic mass is 32.2. The van der Waals surface area contributed by atoms with Crippen molar-refractivity contribution in [3.05, 3.63) is 29.8 Å². The lowest BCUT2D eigenvalue weighted by Crippen LogP contribution is -2.47. The van der Waals surface area contributed by atoms with Gasteiger partial charge in [-0.3, -0.25) is 0 Å². The van der Waals surface area contributed by atoms with Crippen molar-refractivity contribution in [2.45, 2.75) is 49.8 Å². The van der Waals surface area contributed by atoms with Crippen LogP contribution in [0.4, 0.5) is 0 Å². The minimum atomic E-state index is -2.99. The van der Waals surface area contributed by atoms with Gasteiger partial charge < -0.3 is 10.1 Å². The van der Waals surface area contributed by atoms with Gasteiger partial charge in [0.1, 0.15) is 5.75 Å². The van der Waals surface area contributed by atoms with Crippen molar-refractivity contribution in [3.63, 3.8) is 0 Å². The Balaban J connectivity index is 2.01. The summed E-state index contributed by atoms with van der Waals surface area (Å²) in [5, 5.41) is 3.25. The molecule has 1 aromatic carbocycles. The highest BCUT2D eigenvalue weighted by Crippen LogP contribution is 2.27. The molecule has 0 aromatic heterocycles. The first-order valence-electron chi connectivity index (χ1n) is 7.98. The normalized spacial score (nSPS) is 24.0. The molecule has 22 heavy (non-hydrogen) atoms. The SMILES string of the molecule is COc1ccccc1[C@H](C)CN[C@@H]1CCCC[C@@H]1S(C)(=O)=O. The van der Waals surface area contributed by atoms with Crippen molar-refractivity contribution < 1.29 is 13.2 Å². The van der Waals surface area contributed by atoms with Crippen LogP contribution in [0.2, 0.25) is 0 Å². The summed E-state index contributed by atoms with van der Waals surface area (Å²) >= 11 is 0. The lowest BCUT2D eigenvalue weighted by Gasteiger charge is -2.32. The molecule has 5 heteroatoms. The van der Waals surface area contributed by atoms with Crippen molar-refractivity contribution in [2.75, 3.05) is 19.9 Å². The molecule has 0 heterocycles. The third-order valence-corrected chi connectivity index (χ3v) is 6.27. The van der Waals surface area contributed by atoms with Gasteiger partial charge in [0, 0.05) is 18.8 Å². The summed E-state index contributed by atoms with van der Waals surface area (Å²) in [5.74, 6) is 1.17. The molecule has 0 spiro atoms. The Hall–Kier alpha value is -1.07. The van der Waals surface area contributed by atoms with Crippen LogP contribution in [0.3, 0.4) is 0 Å². The molecule has 4 nitrogen and oxygen atoms in total. The average Bonchev–Trinajstić information content (AvgIpc) is 2.52. The first kappa shape index (κ1) is 17.3. The summed E-state index contributed by atoms with van der Waals surface area (Å²) < 4.78 is 29.3. The van der Waals surface area contributed by atoms with E-state index in [9.17, 15) is 8.42 Å². The van der Waals surface area contributed by atoms with Gasteiger partial charge in [-0.2, -0.15) is 0 Å². The fourth-order valence-corrected chi connectivity index (χ4v) is 4.78. The zero-order chi connectivity index (χ0) is 16.2. The topological polar surface area (TPSA) is 55.4 Å². The van der Waals surface area contributed by atoms with Crippen molar-refractivity contribution >= 4 is 9.84 Å². The molecule has 1 aliphatic rings. The number of nitrogens with one attached hydrogen (secondary N) is 1. The van der Waals surface area contributed by atoms with E-state index in [1.165, 1.54) is 6.26 Å². The number of para-hydroxylation sites is 1. The highest BCUT2D eigenvalue weighted by Gasteiger charge is 2.32. The van der Waals surface area contributed by atoms with Crippen LogP contribution in [-0.4, -0.2) is 39.6 Å². The van der Waals surface area contributed by atoms with Crippen LogP contribution >= 0.6 is 0 Å². The Kier molecular flexibility index (Phi) is 5.87. The van der Waals surface area contributed by atoms with Gasteiger partial charge in [0.2, 0.25) is 0 Å². The lowest BCUT2D eigenvalue weighted by molar-refractivity contribution is 0.362. The summed E-state index contributed by atoms with van der Waals surface area (Å²) in [6.45, 7) is 2.90. The maximum Gasteiger partial charge on any atom is 0.151 e. The molecule has 1 fully saturated rings. The first-order chi connectivity index (χ1) is 10.4. The van der Waals surface area contributed by atoms with Gasteiger partial charge in [0.15, 0.2) is 9.84 Å². The Morgan fingerprint density at radius 2 is 1.95 bits per heavy atom. The van der Waals surface area contributed by atoms with E-state index in [0.717, 1.165) is 43.5 Å². The molecule has 124 valence electrons. The number of hydrogen-bond donors (Lipinski definition) is 1. The maximum absolute atomic E-state index is 12.0. The van der Waals surface area contributed by atoms with Gasteiger partial charge in [-0.25, -0.2) is 8.42 Å². The Morgan fingerprint density at radius 3 is 2.64 bits per heavy atom. The zero-order valence-electron chi connectivity index (χ0n) is 13.7. The Bertz CT molecular complexity index is 585. The minimum absolute atomic E-state index is 0.0703. The van der Waals surface area contributed by atoms with Crippen LogP contribution in [0.15, 0.2) is 24.3 Å². The number of rotatable bonds is 6. The summed E-state index contributed by atoms with van der Waals surface area (Å²) in [7, 11) is -1.31. The highest BCUT2D eigenvalue weighted by molar-refractivity contribution is 7.91. The minimum Gasteiger partial charge on any atom is -0.496 e. The summed E-state index contributed by atoms with van der Waals surface area (Å²) in [6.07, 6.45) is 5.20. The Labute approximate surface area is 134 Å². The third kappa shape index (κ3) is 4.23. The molecule has 3 atom stereocenters. The molecule has 0 saturated heterocycles. The molecule has 0 bridgehead atoms. The standard InChI is InChI=1S/C17H27NO3S/c1-13(14-8-4-6-10-16(14)21-2)12-18-15-9-5-7-11-17(15)22(3,19)20/h4,6,8,10,13,15,17-18H,5,7,9,11-12H2,1-3H3/t13-,15-,17+/m1/s1. The van der Waals surface area contributed by atoms with Crippen LogP contribution in [0.25, 0.3) is 0 Å². The predicted molar refractivity (Wildman–Crippen MR) is 90.3 cm³/mol. The molecule has 1 aliphatic carbocycles. The number of hydrogen-bond acceptors (Lipinski definition) is 4. The van der Waals surface area contributed by atoms with Gasteiger partial charge in [0.05, 0.1) is 12.4 Å². The molecule has 1 aromatic rings. The fourth-order valence-electron chi connectivity index (χ4n) is 3.35. The molecule has 0 unspecified atom stereocenters. The van der Waals surface area contributed by atoms with Gasteiger partial charge in [0.25, 0.3) is 0 Å². The second-order valence-electron chi connectivity index (χ2n) is 6.31. The van der Waals surface area contributed by atoms with Crippen molar-refractivity contribution in [2.24, 2.45) is 0 Å². The van der Waals surface area contributed by atoms with Crippen molar-refractivity contribution in [1.29, 1.82) is 0 Å². The van der Waals surface area contributed by atoms with Gasteiger partial charge in [-0.15, -0.1) is 0 Å². The zero-order valence-corrected chi connectivity index (χ0v) is 14.5. The molecule has 0 radical (unpaired) electrons. The van der Waals surface area contributed by atoms with Gasteiger partial charge in [-0.05, 0) is 30.4 Å². The third-order valence-electron chi connectivity index (χ3n) is 4.61. The first-order valence-corrected chi connectivity index (χ1v) is 9.94. The second kappa shape index (κ2) is 7.47. The predicted octanol–water partition coefficient (Wildman–Crippen LogP) is 2.74. The summed E-state index contributed by atoms with van der Waals surface area (Å²) in [6, 6.07) is 8.07.